The number of hydrogen-bond acceptors (Lipinski definition) is 1. The Hall–Kier alpha value is -1.08. The van der Waals surface area contributed by atoms with E-state index in [1.807, 2.05) is 12.1 Å². The smallest absolute Gasteiger partial charge is 0.319 e. The fourth-order valence-corrected chi connectivity index (χ4v) is 5.81. The van der Waals surface area contributed by atoms with Gasteiger partial charge in [0.1, 0.15) is 6.54 Å². The number of rotatable bonds is 5. The number of urea groups is 1. The highest BCUT2D eigenvalue weighted by Crippen LogP contribution is 2.59. The molecule has 1 heterocycles. The number of halogens is 1. The lowest BCUT2D eigenvalue weighted by molar-refractivity contribution is -0.910. The second-order valence-corrected chi connectivity index (χ2v) is 10.5. The largest absolute Gasteiger partial charge is 1.00 e. The number of allylic oxidation sites excluding steroid dienone is 1. The highest BCUT2D eigenvalue weighted by Gasteiger charge is 2.52. The molecule has 0 radical (unpaired) electrons. The number of nitrogens with zero attached hydrogens (tertiary/aromatic N) is 1. The van der Waals surface area contributed by atoms with E-state index >= 15 is 0 Å². The minimum Gasteiger partial charge on any atom is -1.00 e. The standard InChI is InChI=1S/C25H37N3O.HI/c1-5-18-7-6-8-22(15-18)27-24(29)26-21-11-13-28(4,14-12-21)17-19-9-10-20-16-23(19)25(20,2)3;/h6-9,15,20-21,23H,5,10-14,16-17H2,1-4H3,(H-,26,27,29);1H. The molecular formula is C25H38IN3O. The van der Waals surface area contributed by atoms with E-state index in [0.29, 0.717) is 5.41 Å². The maximum atomic E-state index is 12.4. The van der Waals surface area contributed by atoms with Crippen molar-refractivity contribution in [3.8, 4) is 0 Å². The summed E-state index contributed by atoms with van der Waals surface area (Å²) in [5.41, 5.74) is 4.34. The van der Waals surface area contributed by atoms with E-state index in [1.54, 1.807) is 5.57 Å². The molecule has 2 fully saturated rings. The topological polar surface area (TPSA) is 41.1 Å². The van der Waals surface area contributed by atoms with E-state index in [0.717, 1.165) is 54.4 Å². The minimum atomic E-state index is -0.0726. The zero-order valence-electron chi connectivity index (χ0n) is 19.0. The summed E-state index contributed by atoms with van der Waals surface area (Å²) in [4.78, 5) is 12.4. The predicted molar refractivity (Wildman–Crippen MR) is 120 cm³/mol. The van der Waals surface area contributed by atoms with Gasteiger partial charge >= 0.3 is 6.03 Å². The molecule has 5 heteroatoms. The summed E-state index contributed by atoms with van der Waals surface area (Å²) in [5, 5.41) is 6.21. The van der Waals surface area contributed by atoms with Gasteiger partial charge in [-0.2, -0.15) is 0 Å². The van der Waals surface area contributed by atoms with Gasteiger partial charge in [-0.05, 0) is 59.8 Å². The molecule has 2 N–H and O–H groups in total. The number of likely N-dealkylation sites (tertiary alicyclic amines) is 1. The van der Waals surface area contributed by atoms with E-state index in [4.69, 9.17) is 0 Å². The quantitative estimate of drug-likeness (QED) is 0.346. The highest BCUT2D eigenvalue weighted by atomic mass is 127. The van der Waals surface area contributed by atoms with Crippen LogP contribution in [-0.4, -0.2) is 43.2 Å². The Morgan fingerprint density at radius 3 is 2.60 bits per heavy atom. The number of likely N-dealkylation sites (N-methyl/N-ethyl adjacent to an activating group) is 1. The number of nitrogens with one attached hydrogen (secondary N) is 2. The number of amides is 2. The Morgan fingerprint density at radius 2 is 1.97 bits per heavy atom. The summed E-state index contributed by atoms with van der Waals surface area (Å²) >= 11 is 0. The molecule has 2 atom stereocenters. The molecule has 2 bridgehead atoms. The third-order valence-electron chi connectivity index (χ3n) is 8.11. The first-order chi connectivity index (χ1) is 13.8. The van der Waals surface area contributed by atoms with Crippen molar-refractivity contribution in [2.24, 2.45) is 17.3 Å². The van der Waals surface area contributed by atoms with Crippen LogP contribution in [0.2, 0.25) is 0 Å². The number of aryl methyl sites for hydroxylation is 1. The van der Waals surface area contributed by atoms with Crippen LogP contribution in [0.25, 0.3) is 0 Å². The molecule has 2 amide bonds. The average Bonchev–Trinajstić information content (AvgIpc) is 2.70. The van der Waals surface area contributed by atoms with Crippen molar-refractivity contribution in [1.82, 2.24) is 5.32 Å². The number of quaternary nitrogens is 1. The zero-order valence-corrected chi connectivity index (χ0v) is 21.2. The Kier molecular flexibility index (Phi) is 7.22. The predicted octanol–water partition coefficient (Wildman–Crippen LogP) is 1.98. The molecule has 5 rings (SSSR count). The number of piperidine rings is 1. The van der Waals surface area contributed by atoms with Crippen LogP contribution >= 0.6 is 0 Å². The fourth-order valence-electron chi connectivity index (χ4n) is 5.81. The summed E-state index contributed by atoms with van der Waals surface area (Å²) in [6, 6.07) is 8.31. The van der Waals surface area contributed by atoms with Crippen LogP contribution in [-0.2, 0) is 6.42 Å². The lowest BCUT2D eigenvalue weighted by Crippen LogP contribution is -3.00. The van der Waals surface area contributed by atoms with Crippen LogP contribution in [0.15, 0.2) is 35.9 Å². The van der Waals surface area contributed by atoms with Gasteiger partial charge in [-0.15, -0.1) is 0 Å². The number of carbonyl (C=O) groups excluding carboxylic acids is 1. The van der Waals surface area contributed by atoms with Gasteiger partial charge in [0, 0.05) is 24.6 Å². The third kappa shape index (κ3) is 4.87. The Bertz CT molecular complexity index is 795. The number of benzene rings is 1. The first-order valence-electron chi connectivity index (χ1n) is 11.5. The molecule has 1 aromatic carbocycles. The lowest BCUT2D eigenvalue weighted by Gasteiger charge is -2.57. The number of carbonyl (C=O) groups is 1. The van der Waals surface area contributed by atoms with Crippen molar-refractivity contribution >= 4 is 11.7 Å². The summed E-state index contributed by atoms with van der Waals surface area (Å²) in [5.74, 6) is 1.71. The van der Waals surface area contributed by atoms with E-state index in [9.17, 15) is 4.79 Å². The molecule has 4 aliphatic rings. The van der Waals surface area contributed by atoms with Crippen LogP contribution in [0.5, 0.6) is 0 Å². The summed E-state index contributed by atoms with van der Waals surface area (Å²) in [6.45, 7) is 10.5. The van der Waals surface area contributed by atoms with Crippen molar-refractivity contribution < 1.29 is 33.3 Å². The molecule has 30 heavy (non-hydrogen) atoms. The van der Waals surface area contributed by atoms with Gasteiger partial charge < -0.3 is 39.1 Å². The molecule has 1 saturated carbocycles. The van der Waals surface area contributed by atoms with Crippen molar-refractivity contribution in [1.29, 1.82) is 0 Å². The van der Waals surface area contributed by atoms with Gasteiger partial charge in [0.25, 0.3) is 0 Å². The molecule has 1 saturated heterocycles. The fraction of sp³-hybridized carbons (Fsp3) is 0.640. The molecule has 166 valence electrons. The van der Waals surface area contributed by atoms with Crippen LogP contribution in [0.4, 0.5) is 10.5 Å². The van der Waals surface area contributed by atoms with Crippen molar-refractivity contribution in [2.75, 3.05) is 32.0 Å². The van der Waals surface area contributed by atoms with Crippen LogP contribution in [0.3, 0.4) is 0 Å². The van der Waals surface area contributed by atoms with Crippen LogP contribution in [0.1, 0.15) is 52.0 Å². The average molecular weight is 524 g/mol. The molecule has 0 spiro atoms. The Morgan fingerprint density at radius 1 is 1.23 bits per heavy atom. The molecule has 2 unspecified atom stereocenters. The first kappa shape index (κ1) is 23.6. The maximum absolute atomic E-state index is 12.4. The lowest BCUT2D eigenvalue weighted by atomic mass is 9.49. The molecule has 0 aromatic heterocycles. The summed E-state index contributed by atoms with van der Waals surface area (Å²) < 4.78 is 1.13. The summed E-state index contributed by atoms with van der Waals surface area (Å²) in [6.07, 6.45) is 8.33. The minimum absolute atomic E-state index is 0. The monoisotopic (exact) mass is 523 g/mol. The highest BCUT2D eigenvalue weighted by molar-refractivity contribution is 5.89. The van der Waals surface area contributed by atoms with Gasteiger partial charge in [0.2, 0.25) is 0 Å². The SMILES string of the molecule is CCc1cccc(NC(=O)NC2CC[N+](C)(CC3=CCC4CC3C4(C)C)CC2)c1.[I-]. The van der Waals surface area contributed by atoms with Gasteiger partial charge in [0.15, 0.2) is 0 Å². The molecule has 3 aliphatic carbocycles. The summed E-state index contributed by atoms with van der Waals surface area (Å²) in [7, 11) is 2.41. The van der Waals surface area contributed by atoms with E-state index in [-0.39, 0.29) is 36.0 Å². The second kappa shape index (κ2) is 9.19. The first-order valence-corrected chi connectivity index (χ1v) is 11.5. The van der Waals surface area contributed by atoms with E-state index in [2.05, 4.69) is 56.7 Å². The van der Waals surface area contributed by atoms with E-state index < -0.39 is 0 Å². The van der Waals surface area contributed by atoms with Crippen molar-refractivity contribution in [3.63, 3.8) is 0 Å². The van der Waals surface area contributed by atoms with Gasteiger partial charge in [-0.25, -0.2) is 4.79 Å². The van der Waals surface area contributed by atoms with E-state index in [1.165, 1.54) is 24.9 Å². The van der Waals surface area contributed by atoms with Gasteiger partial charge in [0.05, 0.1) is 20.1 Å². The third-order valence-corrected chi connectivity index (χ3v) is 8.11. The van der Waals surface area contributed by atoms with Gasteiger partial charge in [-0.1, -0.05) is 39.0 Å². The molecule has 1 aromatic rings. The number of fused-ring (bicyclic) bond motifs is 1. The number of hydrogen-bond donors (Lipinski definition) is 2. The van der Waals surface area contributed by atoms with Gasteiger partial charge in [-0.3, -0.25) is 0 Å². The van der Waals surface area contributed by atoms with Crippen molar-refractivity contribution in [2.45, 2.75) is 58.9 Å². The zero-order chi connectivity index (χ0) is 20.6. The molecular weight excluding hydrogens is 485 g/mol. The number of anilines is 1. The van der Waals surface area contributed by atoms with Crippen LogP contribution in [0, 0.1) is 17.3 Å². The van der Waals surface area contributed by atoms with Crippen molar-refractivity contribution in [3.05, 3.63) is 41.5 Å². The second-order valence-electron chi connectivity index (χ2n) is 10.5. The molecule has 1 aliphatic heterocycles. The Labute approximate surface area is 199 Å². The van der Waals surface area contributed by atoms with Crippen LogP contribution < -0.4 is 34.6 Å². The normalized spacial score (nSPS) is 31.6. The maximum Gasteiger partial charge on any atom is 0.319 e. The Balaban J connectivity index is 0.00000256. The molecule has 4 nitrogen and oxygen atoms in total.